The summed E-state index contributed by atoms with van der Waals surface area (Å²) in [6.45, 7) is 8.38. The maximum absolute atomic E-state index is 5.45. The number of tetrazole rings is 1. The Labute approximate surface area is 90.8 Å². The molecule has 0 radical (unpaired) electrons. The Morgan fingerprint density at radius 2 is 2.13 bits per heavy atom. The van der Waals surface area contributed by atoms with Crippen LogP contribution >= 0.6 is 0 Å². The summed E-state index contributed by atoms with van der Waals surface area (Å²) >= 11 is 0. The molecule has 1 aromatic heterocycles. The van der Waals surface area contributed by atoms with E-state index in [4.69, 9.17) is 10.5 Å². The van der Waals surface area contributed by atoms with Gasteiger partial charge >= 0.3 is 0 Å². The van der Waals surface area contributed by atoms with E-state index in [0.717, 1.165) is 12.7 Å². The lowest BCUT2D eigenvalue weighted by Gasteiger charge is -2.14. The summed E-state index contributed by atoms with van der Waals surface area (Å²) in [6.07, 6.45) is 0. The molecule has 0 atom stereocenters. The molecular formula is C8H19N5OSi. The summed E-state index contributed by atoms with van der Waals surface area (Å²) < 4.78 is 5.45. The lowest BCUT2D eigenvalue weighted by Crippen LogP contribution is -2.22. The average Bonchev–Trinajstić information content (AvgIpc) is 2.59. The number of hydrogen-bond donors (Lipinski definition) is 1. The third-order valence-corrected chi connectivity index (χ3v) is 3.58. The van der Waals surface area contributed by atoms with Crippen LogP contribution in [0.2, 0.25) is 25.7 Å². The molecule has 2 N–H and O–H groups in total. The van der Waals surface area contributed by atoms with Gasteiger partial charge in [0.2, 0.25) is 0 Å². The van der Waals surface area contributed by atoms with Crippen LogP contribution in [-0.4, -0.2) is 34.9 Å². The van der Waals surface area contributed by atoms with Crippen molar-refractivity contribution in [3.8, 4) is 0 Å². The van der Waals surface area contributed by atoms with Crippen molar-refractivity contribution in [1.29, 1.82) is 0 Å². The van der Waals surface area contributed by atoms with Gasteiger partial charge in [-0.3, -0.25) is 0 Å². The molecule has 1 rings (SSSR count). The second-order valence-corrected chi connectivity index (χ2v) is 10.3. The van der Waals surface area contributed by atoms with Crippen LogP contribution in [0.3, 0.4) is 0 Å². The fourth-order valence-corrected chi connectivity index (χ4v) is 1.69. The SMILES string of the molecule is C[Si](C)(C)CCOCn1nnc(CN)n1. The van der Waals surface area contributed by atoms with Crippen molar-refractivity contribution in [3.05, 3.63) is 5.82 Å². The van der Waals surface area contributed by atoms with E-state index in [2.05, 4.69) is 35.1 Å². The molecule has 0 saturated carbocycles. The van der Waals surface area contributed by atoms with Gasteiger partial charge < -0.3 is 10.5 Å². The van der Waals surface area contributed by atoms with Crippen LogP contribution in [0, 0.1) is 0 Å². The van der Waals surface area contributed by atoms with Crippen LogP contribution in [0.5, 0.6) is 0 Å². The number of hydrogen-bond acceptors (Lipinski definition) is 5. The van der Waals surface area contributed by atoms with Gasteiger partial charge in [-0.1, -0.05) is 19.6 Å². The molecule has 0 saturated heterocycles. The smallest absolute Gasteiger partial charge is 0.188 e. The minimum absolute atomic E-state index is 0.314. The first-order valence-electron chi connectivity index (χ1n) is 5.06. The highest BCUT2D eigenvalue weighted by molar-refractivity contribution is 6.76. The number of aromatic nitrogens is 4. The van der Waals surface area contributed by atoms with E-state index in [0.29, 0.717) is 19.1 Å². The Kier molecular flexibility index (Phi) is 4.37. The highest BCUT2D eigenvalue weighted by atomic mass is 28.3. The van der Waals surface area contributed by atoms with Gasteiger partial charge in [-0.15, -0.1) is 15.0 Å². The van der Waals surface area contributed by atoms with Crippen molar-refractivity contribution < 1.29 is 4.74 Å². The predicted octanol–water partition coefficient (Wildman–Crippen LogP) is 0.444. The summed E-state index contributed by atoms with van der Waals surface area (Å²) in [5.74, 6) is 0.545. The van der Waals surface area contributed by atoms with Crippen LogP contribution in [0.1, 0.15) is 5.82 Å². The maximum atomic E-state index is 5.45. The molecule has 0 aliphatic heterocycles. The largest absolute Gasteiger partial charge is 0.358 e. The van der Waals surface area contributed by atoms with Gasteiger partial charge in [-0.25, -0.2) is 0 Å². The third kappa shape index (κ3) is 5.00. The molecule has 0 aliphatic carbocycles. The van der Waals surface area contributed by atoms with E-state index in [1.54, 1.807) is 0 Å². The molecule has 6 nitrogen and oxygen atoms in total. The molecule has 0 unspecified atom stereocenters. The minimum atomic E-state index is -1.01. The van der Waals surface area contributed by atoms with Crippen LogP contribution in [-0.2, 0) is 18.0 Å². The first-order chi connectivity index (χ1) is 7.01. The molecule has 0 spiro atoms. The van der Waals surface area contributed by atoms with Gasteiger partial charge in [0.1, 0.15) is 0 Å². The normalized spacial score (nSPS) is 12.0. The van der Waals surface area contributed by atoms with Gasteiger partial charge in [0.25, 0.3) is 0 Å². The standard InChI is InChI=1S/C8H19N5OSi/c1-15(2,3)5-4-14-7-13-11-8(6-9)10-12-13/h4-7,9H2,1-3H3. The van der Waals surface area contributed by atoms with Gasteiger partial charge in [-0.05, 0) is 11.3 Å². The molecule has 15 heavy (non-hydrogen) atoms. The van der Waals surface area contributed by atoms with E-state index in [9.17, 15) is 0 Å². The molecule has 7 heteroatoms. The van der Waals surface area contributed by atoms with E-state index in [1.807, 2.05) is 0 Å². The van der Waals surface area contributed by atoms with Crippen molar-refractivity contribution >= 4 is 8.07 Å². The number of nitrogens with two attached hydrogens (primary N) is 1. The van der Waals surface area contributed by atoms with Crippen LogP contribution in [0.15, 0.2) is 0 Å². The Balaban J connectivity index is 2.20. The highest BCUT2D eigenvalue weighted by Gasteiger charge is 2.12. The quantitative estimate of drug-likeness (QED) is 0.566. The fraction of sp³-hybridized carbons (Fsp3) is 0.875. The molecule has 0 bridgehead atoms. The fourth-order valence-electron chi connectivity index (χ4n) is 0.937. The Hall–Kier alpha value is -0.793. The Bertz CT molecular complexity index is 295. The summed E-state index contributed by atoms with van der Waals surface area (Å²) in [7, 11) is -1.01. The zero-order valence-electron chi connectivity index (χ0n) is 9.60. The monoisotopic (exact) mass is 229 g/mol. The molecular weight excluding hydrogens is 210 g/mol. The van der Waals surface area contributed by atoms with Crippen molar-refractivity contribution in [3.63, 3.8) is 0 Å². The van der Waals surface area contributed by atoms with Gasteiger partial charge in [0.15, 0.2) is 12.6 Å². The summed E-state index contributed by atoms with van der Waals surface area (Å²) in [5.41, 5.74) is 5.36. The third-order valence-electron chi connectivity index (χ3n) is 1.88. The van der Waals surface area contributed by atoms with E-state index >= 15 is 0 Å². The molecule has 0 aromatic carbocycles. The summed E-state index contributed by atoms with van der Waals surface area (Å²) in [5, 5.41) is 11.6. The highest BCUT2D eigenvalue weighted by Crippen LogP contribution is 2.07. The molecule has 0 fully saturated rings. The average molecular weight is 229 g/mol. The summed E-state index contributed by atoms with van der Waals surface area (Å²) in [6, 6.07) is 1.14. The van der Waals surface area contributed by atoms with E-state index in [1.165, 1.54) is 4.80 Å². The molecule has 1 aromatic rings. The van der Waals surface area contributed by atoms with Crippen molar-refractivity contribution in [1.82, 2.24) is 20.2 Å². The van der Waals surface area contributed by atoms with Crippen molar-refractivity contribution in [2.75, 3.05) is 6.61 Å². The first-order valence-corrected chi connectivity index (χ1v) is 8.76. The number of rotatable bonds is 6. The molecule has 86 valence electrons. The second-order valence-electron chi connectivity index (χ2n) is 4.63. The van der Waals surface area contributed by atoms with Crippen LogP contribution in [0.25, 0.3) is 0 Å². The second kappa shape index (κ2) is 5.33. The minimum Gasteiger partial charge on any atom is -0.358 e. The zero-order valence-corrected chi connectivity index (χ0v) is 10.6. The molecule has 0 amide bonds. The Morgan fingerprint density at radius 1 is 1.40 bits per heavy atom. The maximum Gasteiger partial charge on any atom is 0.188 e. The van der Waals surface area contributed by atoms with Gasteiger partial charge in [0, 0.05) is 14.7 Å². The lowest BCUT2D eigenvalue weighted by molar-refractivity contribution is 0.0671. The first kappa shape index (κ1) is 12.3. The summed E-state index contributed by atoms with van der Waals surface area (Å²) in [4.78, 5) is 1.42. The van der Waals surface area contributed by atoms with Crippen LogP contribution in [0.4, 0.5) is 0 Å². The molecule has 1 heterocycles. The van der Waals surface area contributed by atoms with Gasteiger partial charge in [0.05, 0.1) is 6.54 Å². The van der Waals surface area contributed by atoms with Gasteiger partial charge in [-0.2, -0.15) is 0 Å². The van der Waals surface area contributed by atoms with Crippen LogP contribution < -0.4 is 5.73 Å². The lowest BCUT2D eigenvalue weighted by atomic mass is 10.7. The topological polar surface area (TPSA) is 78.8 Å². The zero-order chi connectivity index (χ0) is 11.3. The van der Waals surface area contributed by atoms with Crippen molar-refractivity contribution in [2.45, 2.75) is 39.0 Å². The molecule has 0 aliphatic rings. The number of ether oxygens (including phenoxy) is 1. The van der Waals surface area contributed by atoms with E-state index < -0.39 is 8.07 Å². The predicted molar refractivity (Wildman–Crippen MR) is 59.8 cm³/mol. The Morgan fingerprint density at radius 3 is 2.67 bits per heavy atom. The van der Waals surface area contributed by atoms with E-state index in [-0.39, 0.29) is 0 Å². The van der Waals surface area contributed by atoms with Crippen molar-refractivity contribution in [2.24, 2.45) is 5.73 Å². The number of nitrogens with zero attached hydrogens (tertiary/aromatic N) is 4.